The van der Waals surface area contributed by atoms with Crippen LogP contribution in [0, 0.1) is 12.8 Å². The molecular formula is C14H21N3O3. The van der Waals surface area contributed by atoms with Gasteiger partial charge in [0.05, 0.1) is 6.10 Å². The number of amides is 1. The molecule has 0 saturated heterocycles. The van der Waals surface area contributed by atoms with E-state index in [1.165, 1.54) is 6.07 Å². The largest absolute Gasteiger partial charge is 0.393 e. The van der Waals surface area contributed by atoms with Crippen LogP contribution in [0.1, 0.15) is 37.2 Å². The van der Waals surface area contributed by atoms with Gasteiger partial charge in [-0.2, -0.15) is 0 Å². The van der Waals surface area contributed by atoms with Gasteiger partial charge in [-0.3, -0.25) is 9.59 Å². The number of aliphatic hydroxyl groups is 1. The highest BCUT2D eigenvalue weighted by atomic mass is 16.3. The Hall–Kier alpha value is -1.69. The molecular weight excluding hydrogens is 258 g/mol. The Balaban J connectivity index is 1.80. The number of hydrogen-bond acceptors (Lipinski definition) is 4. The second-order valence-corrected chi connectivity index (χ2v) is 5.39. The summed E-state index contributed by atoms with van der Waals surface area (Å²) in [4.78, 5) is 30.1. The van der Waals surface area contributed by atoms with Crippen molar-refractivity contribution in [2.75, 3.05) is 6.54 Å². The van der Waals surface area contributed by atoms with Crippen LogP contribution in [0.25, 0.3) is 0 Å². The number of aliphatic hydroxyl groups excluding tert-OH is 1. The lowest BCUT2D eigenvalue weighted by Gasteiger charge is -2.24. The number of nitrogens with one attached hydrogen (secondary N) is 2. The number of H-pyrrole nitrogens is 1. The Morgan fingerprint density at radius 1 is 1.55 bits per heavy atom. The average molecular weight is 279 g/mol. The van der Waals surface area contributed by atoms with Crippen molar-refractivity contribution in [3.05, 3.63) is 27.9 Å². The van der Waals surface area contributed by atoms with Crippen LogP contribution in [0.15, 0.2) is 10.9 Å². The lowest BCUT2D eigenvalue weighted by atomic mass is 9.87. The Kier molecular flexibility index (Phi) is 4.89. The van der Waals surface area contributed by atoms with Crippen LogP contribution in [0.2, 0.25) is 0 Å². The molecule has 6 heteroatoms. The van der Waals surface area contributed by atoms with Crippen molar-refractivity contribution < 1.29 is 9.90 Å². The van der Waals surface area contributed by atoms with Gasteiger partial charge < -0.3 is 15.4 Å². The minimum Gasteiger partial charge on any atom is -0.393 e. The van der Waals surface area contributed by atoms with Gasteiger partial charge in [0.15, 0.2) is 0 Å². The monoisotopic (exact) mass is 279 g/mol. The van der Waals surface area contributed by atoms with Crippen LogP contribution in [0.4, 0.5) is 0 Å². The second-order valence-electron chi connectivity index (χ2n) is 5.39. The lowest BCUT2D eigenvalue weighted by Crippen LogP contribution is -2.36. The van der Waals surface area contributed by atoms with Gasteiger partial charge in [-0.1, -0.05) is 6.42 Å². The van der Waals surface area contributed by atoms with Crippen molar-refractivity contribution in [2.24, 2.45) is 5.92 Å². The predicted octanol–water partition coefficient (Wildman–Crippen LogP) is 0.288. The molecule has 1 fully saturated rings. The molecule has 1 heterocycles. The molecule has 1 aromatic heterocycles. The van der Waals surface area contributed by atoms with E-state index < -0.39 is 0 Å². The highest BCUT2D eigenvalue weighted by Crippen LogP contribution is 2.24. The molecule has 0 radical (unpaired) electrons. The maximum atomic E-state index is 12.0. The van der Waals surface area contributed by atoms with Gasteiger partial charge in [-0.15, -0.1) is 0 Å². The Morgan fingerprint density at radius 3 is 3.05 bits per heavy atom. The van der Waals surface area contributed by atoms with Gasteiger partial charge in [0, 0.05) is 30.6 Å². The molecule has 1 aliphatic rings. The van der Waals surface area contributed by atoms with Crippen LogP contribution >= 0.6 is 0 Å². The first-order valence-corrected chi connectivity index (χ1v) is 7.07. The summed E-state index contributed by atoms with van der Waals surface area (Å²) in [5.74, 6) is 0.473. The van der Waals surface area contributed by atoms with Crippen molar-refractivity contribution in [1.82, 2.24) is 15.3 Å². The summed E-state index contributed by atoms with van der Waals surface area (Å²) in [5, 5.41) is 12.4. The van der Waals surface area contributed by atoms with Crippen molar-refractivity contribution in [2.45, 2.75) is 45.1 Å². The number of carbonyl (C=O) groups excluding carboxylic acids is 1. The molecule has 2 atom stereocenters. The van der Waals surface area contributed by atoms with Crippen LogP contribution in [-0.4, -0.2) is 33.6 Å². The van der Waals surface area contributed by atoms with E-state index in [9.17, 15) is 14.7 Å². The number of nitrogens with zero attached hydrogens (tertiary/aromatic N) is 1. The van der Waals surface area contributed by atoms with Gasteiger partial charge in [-0.25, -0.2) is 4.98 Å². The number of aromatic amines is 1. The molecule has 1 aliphatic carbocycles. The highest BCUT2D eigenvalue weighted by molar-refractivity contribution is 5.78. The van der Waals surface area contributed by atoms with Gasteiger partial charge in [0.25, 0.3) is 5.56 Å². The van der Waals surface area contributed by atoms with Crippen molar-refractivity contribution in [3.8, 4) is 0 Å². The van der Waals surface area contributed by atoms with Crippen molar-refractivity contribution >= 4 is 5.91 Å². The molecule has 2 rings (SSSR count). The third kappa shape index (κ3) is 4.16. The Morgan fingerprint density at radius 2 is 2.35 bits per heavy atom. The zero-order chi connectivity index (χ0) is 14.5. The molecule has 110 valence electrons. The van der Waals surface area contributed by atoms with E-state index in [0.29, 0.717) is 30.9 Å². The summed E-state index contributed by atoms with van der Waals surface area (Å²) in [5.41, 5.74) is 0.500. The van der Waals surface area contributed by atoms with Crippen molar-refractivity contribution in [1.29, 1.82) is 0 Å². The van der Waals surface area contributed by atoms with E-state index in [-0.39, 0.29) is 23.5 Å². The molecule has 1 amide bonds. The van der Waals surface area contributed by atoms with E-state index >= 15 is 0 Å². The Bertz CT molecular complexity index is 527. The molecule has 0 aromatic carbocycles. The first-order valence-electron chi connectivity index (χ1n) is 7.07. The maximum absolute atomic E-state index is 12.0. The van der Waals surface area contributed by atoms with Crippen LogP contribution < -0.4 is 10.9 Å². The zero-order valence-electron chi connectivity index (χ0n) is 11.7. The second kappa shape index (κ2) is 6.65. The number of carbonyl (C=O) groups is 1. The third-order valence-electron chi connectivity index (χ3n) is 3.60. The minimum absolute atomic E-state index is 0.0150. The summed E-state index contributed by atoms with van der Waals surface area (Å²) in [7, 11) is 0. The quantitative estimate of drug-likeness (QED) is 0.738. The molecule has 1 aromatic rings. The summed E-state index contributed by atoms with van der Waals surface area (Å²) in [6.07, 6.45) is 3.21. The Labute approximate surface area is 117 Å². The average Bonchev–Trinajstić information content (AvgIpc) is 2.37. The topological polar surface area (TPSA) is 95.1 Å². The summed E-state index contributed by atoms with van der Waals surface area (Å²) >= 11 is 0. The molecule has 0 bridgehead atoms. The molecule has 3 N–H and O–H groups in total. The van der Waals surface area contributed by atoms with Gasteiger partial charge in [-0.05, 0) is 26.2 Å². The maximum Gasteiger partial charge on any atom is 0.251 e. The zero-order valence-corrected chi connectivity index (χ0v) is 11.7. The van der Waals surface area contributed by atoms with E-state index in [1.54, 1.807) is 6.92 Å². The smallest absolute Gasteiger partial charge is 0.251 e. The van der Waals surface area contributed by atoms with Crippen molar-refractivity contribution in [3.63, 3.8) is 0 Å². The highest BCUT2D eigenvalue weighted by Gasteiger charge is 2.25. The molecule has 0 spiro atoms. The lowest BCUT2D eigenvalue weighted by molar-refractivity contribution is -0.127. The number of aryl methyl sites for hydroxylation is 1. The van der Waals surface area contributed by atoms with Crippen LogP contribution in [0.5, 0.6) is 0 Å². The predicted molar refractivity (Wildman–Crippen MR) is 74.3 cm³/mol. The van der Waals surface area contributed by atoms with E-state index in [1.807, 2.05) is 0 Å². The number of rotatable bonds is 4. The standard InChI is InChI=1S/C14H21N3O3/c1-9-7-13(19)17-12(16-9)5-6-15-14(20)10-3-2-4-11(18)8-10/h7,10-11,18H,2-6,8H2,1H3,(H,15,20)(H,16,17,19)/t10-,11+/m1/s1. The first-order chi connectivity index (χ1) is 9.54. The normalized spacial score (nSPS) is 22.5. The molecule has 6 nitrogen and oxygen atoms in total. The van der Waals surface area contributed by atoms with E-state index in [4.69, 9.17) is 0 Å². The SMILES string of the molecule is Cc1cc(=O)[nH]c(CCNC(=O)[C@@H]2CCC[C@H](O)C2)n1. The summed E-state index contributed by atoms with van der Waals surface area (Å²) in [6, 6.07) is 1.44. The minimum atomic E-state index is -0.353. The molecule has 0 unspecified atom stereocenters. The molecule has 0 aliphatic heterocycles. The van der Waals surface area contributed by atoms with Gasteiger partial charge >= 0.3 is 0 Å². The van der Waals surface area contributed by atoms with Gasteiger partial charge in [0.1, 0.15) is 5.82 Å². The van der Waals surface area contributed by atoms with Gasteiger partial charge in [0.2, 0.25) is 5.91 Å². The fourth-order valence-electron chi connectivity index (χ4n) is 2.61. The first kappa shape index (κ1) is 14.7. The number of hydrogen-bond donors (Lipinski definition) is 3. The van der Waals surface area contributed by atoms with Crippen LogP contribution in [0.3, 0.4) is 0 Å². The van der Waals surface area contributed by atoms with E-state index in [2.05, 4.69) is 15.3 Å². The van der Waals surface area contributed by atoms with Crippen LogP contribution in [-0.2, 0) is 11.2 Å². The number of aromatic nitrogens is 2. The summed E-state index contributed by atoms with van der Waals surface area (Å²) in [6.45, 7) is 2.21. The third-order valence-corrected chi connectivity index (χ3v) is 3.60. The van der Waals surface area contributed by atoms with E-state index in [0.717, 1.165) is 19.3 Å². The molecule has 1 saturated carbocycles. The fraction of sp³-hybridized carbons (Fsp3) is 0.643. The summed E-state index contributed by atoms with van der Waals surface area (Å²) < 4.78 is 0. The fourth-order valence-corrected chi connectivity index (χ4v) is 2.61. The molecule has 20 heavy (non-hydrogen) atoms.